The van der Waals surface area contributed by atoms with E-state index in [0.29, 0.717) is 25.5 Å². The number of ether oxygens (including phenoxy) is 2. The van der Waals surface area contributed by atoms with Gasteiger partial charge in [0.2, 0.25) is 5.89 Å². The first-order valence-corrected chi connectivity index (χ1v) is 11.4. The first-order chi connectivity index (χ1) is 15.5. The highest BCUT2D eigenvalue weighted by molar-refractivity contribution is 5.78. The van der Waals surface area contributed by atoms with Gasteiger partial charge in [-0.2, -0.15) is 0 Å². The minimum atomic E-state index is -0.335. The first-order valence-electron chi connectivity index (χ1n) is 11.4. The van der Waals surface area contributed by atoms with Gasteiger partial charge in [0, 0.05) is 12.0 Å². The molecular formula is C27H31NO4. The number of aromatic nitrogens is 1. The van der Waals surface area contributed by atoms with Crippen molar-refractivity contribution in [1.29, 1.82) is 0 Å². The molecule has 3 aromatic rings. The lowest BCUT2D eigenvalue weighted by atomic mass is 9.65. The van der Waals surface area contributed by atoms with E-state index in [1.165, 1.54) is 5.56 Å². The molecule has 0 aliphatic heterocycles. The third-order valence-corrected chi connectivity index (χ3v) is 6.25. The van der Waals surface area contributed by atoms with Gasteiger partial charge in [-0.05, 0) is 69.9 Å². The zero-order valence-electron chi connectivity index (χ0n) is 19.1. The van der Waals surface area contributed by atoms with Gasteiger partial charge >= 0.3 is 5.97 Å². The third kappa shape index (κ3) is 4.87. The van der Waals surface area contributed by atoms with Crippen LogP contribution in [0.2, 0.25) is 0 Å². The Balaban J connectivity index is 1.32. The van der Waals surface area contributed by atoms with Crippen LogP contribution >= 0.6 is 0 Å². The summed E-state index contributed by atoms with van der Waals surface area (Å²) in [4.78, 5) is 17.0. The second-order valence-electron chi connectivity index (χ2n) is 8.66. The molecule has 168 valence electrons. The number of aryl methyl sites for hydroxylation is 2. The zero-order valence-corrected chi connectivity index (χ0v) is 19.1. The summed E-state index contributed by atoms with van der Waals surface area (Å²) in [5.74, 6) is 2.23. The van der Waals surface area contributed by atoms with Crippen LogP contribution in [-0.4, -0.2) is 24.2 Å². The number of carbonyl (C=O) groups excluding carboxylic acids is 1. The van der Waals surface area contributed by atoms with Crippen molar-refractivity contribution in [3.8, 4) is 17.2 Å². The van der Waals surface area contributed by atoms with Crippen LogP contribution in [0.3, 0.4) is 0 Å². The number of benzene rings is 2. The zero-order chi connectivity index (χ0) is 22.6. The van der Waals surface area contributed by atoms with Gasteiger partial charge in [0.1, 0.15) is 11.5 Å². The molecule has 0 N–H and O–H groups in total. The van der Waals surface area contributed by atoms with Crippen molar-refractivity contribution in [3.63, 3.8) is 0 Å². The molecule has 1 aromatic heterocycles. The van der Waals surface area contributed by atoms with Crippen molar-refractivity contribution < 1.29 is 18.7 Å². The van der Waals surface area contributed by atoms with E-state index in [4.69, 9.17) is 13.9 Å². The van der Waals surface area contributed by atoms with Gasteiger partial charge in [0.25, 0.3) is 0 Å². The highest BCUT2D eigenvalue weighted by atomic mass is 16.5. The maximum atomic E-state index is 12.4. The molecule has 0 saturated heterocycles. The fraction of sp³-hybridized carbons (Fsp3) is 0.407. The SMILES string of the molecule is CCOC(=O)C1(Cc2ccc(OCCc3nc(-c4cccc(C)c4)oc3C)cc2)CCC1. The topological polar surface area (TPSA) is 61.6 Å². The van der Waals surface area contributed by atoms with E-state index in [-0.39, 0.29) is 11.4 Å². The van der Waals surface area contributed by atoms with E-state index in [1.54, 1.807) is 0 Å². The van der Waals surface area contributed by atoms with Crippen LogP contribution in [0.4, 0.5) is 0 Å². The molecule has 0 radical (unpaired) electrons. The molecule has 32 heavy (non-hydrogen) atoms. The Morgan fingerprint density at radius 1 is 1.12 bits per heavy atom. The van der Waals surface area contributed by atoms with Crippen LogP contribution in [0.5, 0.6) is 5.75 Å². The normalized spacial score (nSPS) is 14.6. The molecule has 2 aromatic carbocycles. The third-order valence-electron chi connectivity index (χ3n) is 6.25. The van der Waals surface area contributed by atoms with Crippen LogP contribution in [-0.2, 0) is 22.4 Å². The molecule has 1 aliphatic rings. The molecular weight excluding hydrogens is 402 g/mol. The molecule has 0 unspecified atom stereocenters. The number of hydrogen-bond donors (Lipinski definition) is 0. The summed E-state index contributed by atoms with van der Waals surface area (Å²) in [6.07, 6.45) is 4.31. The predicted octanol–water partition coefficient (Wildman–Crippen LogP) is 5.86. The minimum Gasteiger partial charge on any atom is -0.493 e. The average Bonchev–Trinajstić information content (AvgIpc) is 3.12. The van der Waals surface area contributed by atoms with Gasteiger partial charge in [-0.1, -0.05) is 36.2 Å². The van der Waals surface area contributed by atoms with Gasteiger partial charge in [-0.15, -0.1) is 0 Å². The summed E-state index contributed by atoms with van der Waals surface area (Å²) in [5, 5.41) is 0. The lowest BCUT2D eigenvalue weighted by molar-refractivity contribution is -0.161. The quantitative estimate of drug-likeness (QED) is 0.396. The first kappa shape index (κ1) is 22.1. The fourth-order valence-electron chi connectivity index (χ4n) is 4.26. The van der Waals surface area contributed by atoms with E-state index >= 15 is 0 Å². The van der Waals surface area contributed by atoms with Crippen molar-refractivity contribution >= 4 is 5.97 Å². The lowest BCUT2D eigenvalue weighted by Gasteiger charge is -2.39. The van der Waals surface area contributed by atoms with E-state index in [9.17, 15) is 4.79 Å². The van der Waals surface area contributed by atoms with E-state index in [1.807, 2.05) is 50.2 Å². The number of esters is 1. The van der Waals surface area contributed by atoms with Crippen molar-refractivity contribution in [3.05, 3.63) is 71.1 Å². The smallest absolute Gasteiger partial charge is 0.312 e. The van der Waals surface area contributed by atoms with E-state index < -0.39 is 0 Å². The Bertz CT molecular complexity index is 1060. The summed E-state index contributed by atoms with van der Waals surface area (Å²) < 4.78 is 17.1. The fourth-order valence-corrected chi connectivity index (χ4v) is 4.26. The molecule has 1 aliphatic carbocycles. The number of carbonyl (C=O) groups is 1. The van der Waals surface area contributed by atoms with Crippen molar-refractivity contribution in [2.24, 2.45) is 5.41 Å². The van der Waals surface area contributed by atoms with Gasteiger partial charge in [0.15, 0.2) is 0 Å². The van der Waals surface area contributed by atoms with Crippen molar-refractivity contribution in [2.75, 3.05) is 13.2 Å². The molecule has 1 saturated carbocycles. The van der Waals surface area contributed by atoms with Crippen LogP contribution in [0.1, 0.15) is 48.8 Å². The Morgan fingerprint density at radius 3 is 2.56 bits per heavy atom. The monoisotopic (exact) mass is 433 g/mol. The van der Waals surface area contributed by atoms with Crippen molar-refractivity contribution in [2.45, 2.75) is 52.9 Å². The van der Waals surface area contributed by atoms with E-state index in [0.717, 1.165) is 54.0 Å². The Hall–Kier alpha value is -3.08. The second-order valence-corrected chi connectivity index (χ2v) is 8.66. The predicted molar refractivity (Wildman–Crippen MR) is 124 cm³/mol. The summed E-state index contributed by atoms with van der Waals surface area (Å²) >= 11 is 0. The molecule has 5 heteroatoms. The van der Waals surface area contributed by atoms with Gasteiger partial charge in [0.05, 0.1) is 24.3 Å². The maximum absolute atomic E-state index is 12.4. The Morgan fingerprint density at radius 2 is 1.91 bits per heavy atom. The average molecular weight is 434 g/mol. The number of oxazole rings is 1. The summed E-state index contributed by atoms with van der Waals surface area (Å²) in [7, 11) is 0. The van der Waals surface area contributed by atoms with Crippen molar-refractivity contribution in [1.82, 2.24) is 4.98 Å². The molecule has 0 bridgehead atoms. The van der Waals surface area contributed by atoms with Gasteiger partial charge < -0.3 is 13.9 Å². The summed E-state index contributed by atoms with van der Waals surface area (Å²) in [5.41, 5.74) is 3.89. The molecule has 0 amide bonds. The lowest BCUT2D eigenvalue weighted by Crippen LogP contribution is -2.41. The standard InChI is InChI=1S/C27H31NO4/c1-4-30-26(29)27(14-6-15-27)18-21-9-11-23(12-10-21)31-16-13-24-20(3)32-25(28-24)22-8-5-7-19(2)17-22/h5,7-12,17H,4,6,13-16,18H2,1-3H3. The molecule has 5 nitrogen and oxygen atoms in total. The van der Waals surface area contributed by atoms with Gasteiger partial charge in [-0.3, -0.25) is 4.79 Å². The molecule has 4 rings (SSSR count). The summed E-state index contributed by atoms with van der Waals surface area (Å²) in [6, 6.07) is 16.2. The molecule has 0 atom stereocenters. The number of rotatable bonds is 9. The van der Waals surface area contributed by atoms with Crippen LogP contribution in [0, 0.1) is 19.3 Å². The molecule has 0 spiro atoms. The number of nitrogens with zero attached hydrogens (tertiary/aromatic N) is 1. The highest BCUT2D eigenvalue weighted by Crippen LogP contribution is 2.45. The Labute approximate surface area is 189 Å². The van der Waals surface area contributed by atoms with Crippen LogP contribution < -0.4 is 4.74 Å². The van der Waals surface area contributed by atoms with Crippen LogP contribution in [0.15, 0.2) is 52.9 Å². The minimum absolute atomic E-state index is 0.0559. The number of hydrogen-bond acceptors (Lipinski definition) is 5. The second kappa shape index (κ2) is 9.60. The Kier molecular flexibility index (Phi) is 6.63. The summed E-state index contributed by atoms with van der Waals surface area (Å²) in [6.45, 7) is 6.82. The van der Waals surface area contributed by atoms with Gasteiger partial charge in [-0.25, -0.2) is 4.98 Å². The van der Waals surface area contributed by atoms with Crippen LogP contribution in [0.25, 0.3) is 11.5 Å². The molecule has 1 heterocycles. The highest BCUT2D eigenvalue weighted by Gasteiger charge is 2.45. The largest absolute Gasteiger partial charge is 0.493 e. The molecule has 1 fully saturated rings. The maximum Gasteiger partial charge on any atom is 0.312 e. The van der Waals surface area contributed by atoms with E-state index in [2.05, 4.69) is 24.0 Å².